The molecule has 0 unspecified atom stereocenters. The first-order valence-electron chi connectivity index (χ1n) is 3.83. The summed E-state index contributed by atoms with van der Waals surface area (Å²) in [4.78, 5) is 4.26. The molecule has 0 atom stereocenters. The van der Waals surface area contributed by atoms with Crippen LogP contribution in [0.15, 0.2) is 43.1 Å². The van der Waals surface area contributed by atoms with Crippen molar-refractivity contribution in [1.82, 2.24) is 13.8 Å². The van der Waals surface area contributed by atoms with Crippen LogP contribution in [0.3, 0.4) is 0 Å². The van der Waals surface area contributed by atoms with E-state index >= 15 is 0 Å². The van der Waals surface area contributed by atoms with Gasteiger partial charge in [-0.05, 0) is 12.1 Å². The molecule has 58 valence electrons. The van der Waals surface area contributed by atoms with Crippen molar-refractivity contribution in [2.45, 2.75) is 0 Å². The van der Waals surface area contributed by atoms with Crippen LogP contribution in [-0.2, 0) is 0 Å². The van der Waals surface area contributed by atoms with Gasteiger partial charge >= 0.3 is 0 Å². The Morgan fingerprint density at radius 2 is 1.92 bits per heavy atom. The van der Waals surface area contributed by atoms with Gasteiger partial charge in [0.25, 0.3) is 0 Å². The maximum atomic E-state index is 4.26. The van der Waals surface area contributed by atoms with E-state index in [9.17, 15) is 0 Å². The largest absolute Gasteiger partial charge is 0.319 e. The van der Waals surface area contributed by atoms with Crippen LogP contribution < -0.4 is 0 Å². The molecule has 3 heteroatoms. The molecule has 0 bridgehead atoms. The van der Waals surface area contributed by atoms with Crippen molar-refractivity contribution in [2.75, 3.05) is 0 Å². The van der Waals surface area contributed by atoms with Gasteiger partial charge in [0, 0.05) is 31.0 Å². The fourth-order valence-corrected chi connectivity index (χ4v) is 1.49. The van der Waals surface area contributed by atoms with Crippen molar-refractivity contribution in [1.29, 1.82) is 0 Å². The van der Waals surface area contributed by atoms with E-state index in [1.165, 1.54) is 0 Å². The third-order valence-electron chi connectivity index (χ3n) is 2.06. The van der Waals surface area contributed by atoms with E-state index in [-0.39, 0.29) is 0 Å². The topological polar surface area (TPSA) is 21.7 Å². The highest BCUT2D eigenvalue weighted by Gasteiger charge is 1.98. The van der Waals surface area contributed by atoms with Crippen molar-refractivity contribution in [3.05, 3.63) is 43.1 Å². The van der Waals surface area contributed by atoms with Crippen molar-refractivity contribution < 1.29 is 0 Å². The molecular formula is C9H7N3. The predicted octanol–water partition coefficient (Wildman–Crippen LogP) is 1.59. The van der Waals surface area contributed by atoms with Gasteiger partial charge in [-0.1, -0.05) is 0 Å². The van der Waals surface area contributed by atoms with E-state index < -0.39 is 0 Å². The number of rotatable bonds is 0. The highest BCUT2D eigenvalue weighted by atomic mass is 15.0. The number of hydrogen-bond donors (Lipinski definition) is 0. The van der Waals surface area contributed by atoms with E-state index in [0.29, 0.717) is 0 Å². The minimum absolute atomic E-state index is 1.00. The second kappa shape index (κ2) is 1.88. The van der Waals surface area contributed by atoms with Crippen molar-refractivity contribution >= 4 is 11.2 Å². The Labute approximate surface area is 68.9 Å². The monoisotopic (exact) mass is 157 g/mol. The van der Waals surface area contributed by atoms with Crippen LogP contribution in [0.2, 0.25) is 0 Å². The van der Waals surface area contributed by atoms with Crippen LogP contribution in [0.4, 0.5) is 0 Å². The molecule has 0 N–H and O–H groups in total. The van der Waals surface area contributed by atoms with Crippen LogP contribution in [0.5, 0.6) is 0 Å². The Morgan fingerprint density at radius 1 is 1.00 bits per heavy atom. The lowest BCUT2D eigenvalue weighted by Gasteiger charge is -1.96. The summed E-state index contributed by atoms with van der Waals surface area (Å²) in [5.74, 6) is 0. The maximum Gasteiger partial charge on any atom is 0.161 e. The van der Waals surface area contributed by atoms with Gasteiger partial charge in [-0.2, -0.15) is 0 Å². The fourth-order valence-electron chi connectivity index (χ4n) is 1.49. The van der Waals surface area contributed by atoms with Crippen LogP contribution in [-0.4, -0.2) is 13.8 Å². The Balaban J connectivity index is 2.71. The molecule has 0 saturated heterocycles. The Kier molecular flexibility index (Phi) is 0.913. The number of imidazole rings is 1. The van der Waals surface area contributed by atoms with Crippen LogP contribution in [0.25, 0.3) is 11.2 Å². The summed E-state index contributed by atoms with van der Waals surface area (Å²) in [5.41, 5.74) is 2.14. The van der Waals surface area contributed by atoms with E-state index in [1.54, 1.807) is 0 Å². The lowest BCUT2D eigenvalue weighted by Crippen LogP contribution is -1.88. The maximum absolute atomic E-state index is 4.26. The Bertz CT molecular complexity index is 483. The van der Waals surface area contributed by atoms with E-state index in [0.717, 1.165) is 11.2 Å². The van der Waals surface area contributed by atoms with E-state index in [4.69, 9.17) is 0 Å². The quantitative estimate of drug-likeness (QED) is 0.485. The number of hydrogen-bond acceptors (Lipinski definition) is 1. The zero-order valence-electron chi connectivity index (χ0n) is 6.38. The lowest BCUT2D eigenvalue weighted by atomic mass is 10.5. The third kappa shape index (κ3) is 0.580. The van der Waals surface area contributed by atoms with Gasteiger partial charge in [0.2, 0.25) is 0 Å². The summed E-state index contributed by atoms with van der Waals surface area (Å²) in [7, 11) is 0. The smallest absolute Gasteiger partial charge is 0.161 e. The van der Waals surface area contributed by atoms with Gasteiger partial charge in [0.05, 0.1) is 5.52 Å². The zero-order chi connectivity index (χ0) is 7.97. The predicted molar refractivity (Wildman–Crippen MR) is 46.1 cm³/mol. The highest BCUT2D eigenvalue weighted by molar-refractivity contribution is 5.70. The normalized spacial score (nSPS) is 11.3. The molecule has 0 spiro atoms. The number of aromatic nitrogens is 3. The molecule has 0 fully saturated rings. The van der Waals surface area contributed by atoms with Crippen molar-refractivity contribution in [2.24, 2.45) is 0 Å². The van der Waals surface area contributed by atoms with Crippen molar-refractivity contribution in [3.63, 3.8) is 0 Å². The zero-order valence-corrected chi connectivity index (χ0v) is 6.38. The molecule has 0 aromatic carbocycles. The average Bonchev–Trinajstić information content (AvgIpc) is 2.71. The molecule has 0 saturated carbocycles. The van der Waals surface area contributed by atoms with Gasteiger partial charge in [0.15, 0.2) is 5.65 Å². The van der Waals surface area contributed by atoms with Crippen molar-refractivity contribution in [3.8, 4) is 0 Å². The molecule has 0 aliphatic carbocycles. The second-order valence-corrected chi connectivity index (χ2v) is 2.76. The molecule has 3 nitrogen and oxygen atoms in total. The lowest BCUT2D eigenvalue weighted by molar-refractivity contribution is 1.10. The molecule has 0 amide bonds. The molecule has 3 aromatic heterocycles. The fraction of sp³-hybridized carbons (Fsp3) is 0. The second-order valence-electron chi connectivity index (χ2n) is 2.76. The Hall–Kier alpha value is -1.77. The summed E-state index contributed by atoms with van der Waals surface area (Å²) in [5, 5.41) is 0. The minimum atomic E-state index is 1.00. The molecule has 12 heavy (non-hydrogen) atoms. The van der Waals surface area contributed by atoms with Crippen LogP contribution in [0.1, 0.15) is 0 Å². The molecular weight excluding hydrogens is 150 g/mol. The highest BCUT2D eigenvalue weighted by Crippen LogP contribution is 2.10. The van der Waals surface area contributed by atoms with Gasteiger partial charge < -0.3 is 8.80 Å². The summed E-state index contributed by atoms with van der Waals surface area (Å²) in [6.07, 6.45) is 9.79. The van der Waals surface area contributed by atoms with E-state index in [2.05, 4.69) is 15.5 Å². The van der Waals surface area contributed by atoms with Gasteiger partial charge in [-0.25, -0.2) is 4.98 Å². The summed E-state index contributed by atoms with van der Waals surface area (Å²) < 4.78 is 4.07. The summed E-state index contributed by atoms with van der Waals surface area (Å²) in [6, 6.07) is 4.08. The molecule has 0 aliphatic heterocycles. The third-order valence-corrected chi connectivity index (χ3v) is 2.06. The molecule has 3 rings (SSSR count). The molecule has 0 radical (unpaired) electrons. The van der Waals surface area contributed by atoms with Gasteiger partial charge in [-0.15, -0.1) is 0 Å². The summed E-state index contributed by atoms with van der Waals surface area (Å²) >= 11 is 0. The van der Waals surface area contributed by atoms with Crippen LogP contribution >= 0.6 is 0 Å². The van der Waals surface area contributed by atoms with Crippen LogP contribution in [0, 0.1) is 0 Å². The SMILES string of the molecule is c1cc2c3nccn3ccn2c1. The number of fused-ring (bicyclic) bond motifs is 3. The first kappa shape index (κ1) is 5.83. The molecule has 3 heterocycles. The molecule has 0 aliphatic rings. The van der Waals surface area contributed by atoms with E-state index in [1.807, 2.05) is 41.5 Å². The standard InChI is InChI=1S/C9H7N3/c1-2-8-9-10-3-5-12(9)7-6-11(8)4-1/h1-7H. The average molecular weight is 157 g/mol. The summed E-state index contributed by atoms with van der Waals surface area (Å²) in [6.45, 7) is 0. The number of nitrogens with zero attached hydrogens (tertiary/aromatic N) is 3. The first-order valence-corrected chi connectivity index (χ1v) is 3.83. The van der Waals surface area contributed by atoms with Gasteiger partial charge in [-0.3, -0.25) is 0 Å². The molecule has 3 aromatic rings. The minimum Gasteiger partial charge on any atom is -0.319 e. The first-order chi connectivity index (χ1) is 5.95. The van der Waals surface area contributed by atoms with Gasteiger partial charge in [0.1, 0.15) is 0 Å². The Morgan fingerprint density at radius 3 is 2.92 bits per heavy atom.